The van der Waals surface area contributed by atoms with Crippen LogP contribution in [-0.2, 0) is 17.8 Å². The van der Waals surface area contributed by atoms with Gasteiger partial charge in [0.25, 0.3) is 0 Å². The molecule has 3 N–H and O–H groups in total. The zero-order chi connectivity index (χ0) is 17.4. The zero-order valence-electron chi connectivity index (χ0n) is 14.6. The molecule has 2 amide bonds. The van der Waals surface area contributed by atoms with Crippen molar-refractivity contribution in [2.24, 2.45) is 11.3 Å². The molecule has 7 heteroatoms. The lowest BCUT2D eigenvalue weighted by Gasteiger charge is -2.47. The van der Waals surface area contributed by atoms with Gasteiger partial charge in [0.1, 0.15) is 0 Å². The molecule has 1 fully saturated rings. The van der Waals surface area contributed by atoms with E-state index < -0.39 is 5.54 Å². The molecule has 1 saturated carbocycles. The molecule has 24 heavy (non-hydrogen) atoms. The van der Waals surface area contributed by atoms with E-state index in [2.05, 4.69) is 36.4 Å². The van der Waals surface area contributed by atoms with Gasteiger partial charge in [0.15, 0.2) is 5.13 Å². The van der Waals surface area contributed by atoms with Gasteiger partial charge in [0.2, 0.25) is 0 Å². The molecule has 3 rings (SSSR count). The molecule has 0 radical (unpaired) electrons. The summed E-state index contributed by atoms with van der Waals surface area (Å²) < 4.78 is 5.41. The van der Waals surface area contributed by atoms with Crippen LogP contribution in [0.4, 0.5) is 9.93 Å². The number of thiazole rings is 1. The maximum Gasteiger partial charge on any atom is 0.321 e. The second-order valence-corrected chi connectivity index (χ2v) is 9.15. The molecule has 2 heterocycles. The maximum atomic E-state index is 12.5. The van der Waals surface area contributed by atoms with E-state index in [9.17, 15) is 9.90 Å². The number of nitrogens with zero attached hydrogens (tertiary/aromatic N) is 1. The average Bonchev–Trinajstić information content (AvgIpc) is 2.86. The molecule has 6 nitrogen and oxygen atoms in total. The van der Waals surface area contributed by atoms with E-state index in [-0.39, 0.29) is 18.1 Å². The van der Waals surface area contributed by atoms with Crippen LogP contribution in [0.5, 0.6) is 0 Å². The second-order valence-electron chi connectivity index (χ2n) is 8.06. The summed E-state index contributed by atoms with van der Waals surface area (Å²) in [5.41, 5.74) is 0.558. The Morgan fingerprint density at radius 2 is 2.25 bits per heavy atom. The molecule has 134 valence electrons. The third-order valence-corrected chi connectivity index (χ3v) is 5.84. The van der Waals surface area contributed by atoms with Gasteiger partial charge in [-0.1, -0.05) is 32.1 Å². The van der Waals surface area contributed by atoms with Crippen molar-refractivity contribution in [3.05, 3.63) is 10.6 Å². The number of nitrogens with one attached hydrogen (secondary N) is 2. The molecular weight excluding hydrogens is 326 g/mol. The van der Waals surface area contributed by atoms with Crippen molar-refractivity contribution in [1.29, 1.82) is 0 Å². The Morgan fingerprint density at radius 3 is 2.92 bits per heavy atom. The van der Waals surface area contributed by atoms with Crippen LogP contribution in [0.1, 0.15) is 50.6 Å². The largest absolute Gasteiger partial charge is 0.394 e. The number of anilines is 1. The van der Waals surface area contributed by atoms with Crippen LogP contribution in [0.15, 0.2) is 0 Å². The quantitative estimate of drug-likeness (QED) is 0.780. The normalized spacial score (nSPS) is 28.9. The predicted molar refractivity (Wildman–Crippen MR) is 94.2 cm³/mol. The fourth-order valence-corrected chi connectivity index (χ4v) is 5.39. The topological polar surface area (TPSA) is 83.5 Å². The summed E-state index contributed by atoms with van der Waals surface area (Å²) >= 11 is 1.46. The summed E-state index contributed by atoms with van der Waals surface area (Å²) in [5.74, 6) is 0.463. The first-order valence-electron chi connectivity index (χ1n) is 8.57. The lowest BCUT2D eigenvalue weighted by atomic mass is 9.64. The minimum Gasteiger partial charge on any atom is -0.394 e. The highest BCUT2D eigenvalue weighted by molar-refractivity contribution is 7.15. The second kappa shape index (κ2) is 6.61. The van der Waals surface area contributed by atoms with E-state index in [0.717, 1.165) is 36.3 Å². The summed E-state index contributed by atoms with van der Waals surface area (Å²) in [7, 11) is 0. The number of aliphatic hydroxyl groups excluding tert-OH is 1. The van der Waals surface area contributed by atoms with E-state index >= 15 is 0 Å². The number of aromatic nitrogens is 1. The number of rotatable bonds is 3. The van der Waals surface area contributed by atoms with E-state index in [0.29, 0.717) is 24.3 Å². The highest BCUT2D eigenvalue weighted by Crippen LogP contribution is 2.43. The molecule has 2 aliphatic rings. The fourth-order valence-electron chi connectivity index (χ4n) is 4.45. The third kappa shape index (κ3) is 3.90. The molecule has 2 atom stereocenters. The molecule has 0 saturated heterocycles. The first-order valence-corrected chi connectivity index (χ1v) is 9.39. The zero-order valence-corrected chi connectivity index (χ0v) is 15.5. The van der Waals surface area contributed by atoms with Crippen LogP contribution in [0, 0.1) is 11.3 Å². The minimum atomic E-state index is -0.564. The van der Waals surface area contributed by atoms with Gasteiger partial charge in [0.05, 0.1) is 35.9 Å². The summed E-state index contributed by atoms with van der Waals surface area (Å²) in [5, 5.41) is 16.4. The Kier molecular flexibility index (Phi) is 4.86. The number of urea groups is 1. The number of carbonyl (C=O) groups is 1. The maximum absolute atomic E-state index is 12.5. The van der Waals surface area contributed by atoms with Crippen LogP contribution in [0.25, 0.3) is 0 Å². The molecule has 1 aromatic heterocycles. The molecule has 1 aliphatic carbocycles. The number of fused-ring (bicyclic) bond motifs is 1. The lowest BCUT2D eigenvalue weighted by molar-refractivity contribution is 0.0446. The average molecular weight is 353 g/mol. The fraction of sp³-hybridized carbons (Fsp3) is 0.765. The summed E-state index contributed by atoms with van der Waals surface area (Å²) in [6, 6.07) is -0.291. The van der Waals surface area contributed by atoms with Gasteiger partial charge in [-0.15, -0.1) is 0 Å². The molecule has 1 aliphatic heterocycles. The lowest BCUT2D eigenvalue weighted by Crippen LogP contribution is -2.58. The Labute approximate surface area is 147 Å². The SMILES string of the molecule is CC1CC(C)(C)CC(CO)(NC(=O)Nc2nc3c(s2)COCC3)C1. The Morgan fingerprint density at radius 1 is 1.46 bits per heavy atom. The van der Waals surface area contributed by atoms with Crippen molar-refractivity contribution in [2.45, 2.75) is 58.6 Å². The van der Waals surface area contributed by atoms with Crippen molar-refractivity contribution in [1.82, 2.24) is 10.3 Å². The highest BCUT2D eigenvalue weighted by atomic mass is 32.1. The van der Waals surface area contributed by atoms with Crippen LogP contribution >= 0.6 is 11.3 Å². The summed E-state index contributed by atoms with van der Waals surface area (Å²) in [6.07, 6.45) is 3.47. The van der Waals surface area contributed by atoms with Crippen LogP contribution in [-0.4, -0.2) is 34.9 Å². The van der Waals surface area contributed by atoms with Crippen molar-refractivity contribution < 1.29 is 14.6 Å². The number of amides is 2. The Balaban J connectivity index is 1.67. The summed E-state index contributed by atoms with van der Waals surface area (Å²) in [4.78, 5) is 18.0. The molecule has 2 unspecified atom stereocenters. The van der Waals surface area contributed by atoms with Crippen LogP contribution < -0.4 is 10.6 Å². The van der Waals surface area contributed by atoms with Crippen molar-refractivity contribution in [3.8, 4) is 0 Å². The van der Waals surface area contributed by atoms with Gasteiger partial charge in [-0.2, -0.15) is 0 Å². The third-order valence-electron chi connectivity index (χ3n) is 4.85. The minimum absolute atomic E-state index is 0.0452. The number of carbonyl (C=O) groups excluding carboxylic acids is 1. The van der Waals surface area contributed by atoms with Gasteiger partial charge < -0.3 is 15.2 Å². The predicted octanol–water partition coefficient (Wildman–Crippen LogP) is 2.91. The Hall–Kier alpha value is -1.18. The van der Waals surface area contributed by atoms with E-state index in [4.69, 9.17) is 4.74 Å². The standard InChI is InChI=1S/C17H27N3O3S/c1-11-6-16(2,3)9-17(7-11,10-21)20-14(22)19-15-18-12-4-5-23-8-13(12)24-15/h11,21H,4-10H2,1-3H3,(H2,18,19,20,22). The molecule has 0 bridgehead atoms. The first-order chi connectivity index (χ1) is 11.3. The summed E-state index contributed by atoms with van der Waals surface area (Å²) in [6.45, 7) is 7.78. The van der Waals surface area contributed by atoms with Gasteiger partial charge >= 0.3 is 6.03 Å². The first kappa shape index (κ1) is 17.6. The van der Waals surface area contributed by atoms with Crippen molar-refractivity contribution in [3.63, 3.8) is 0 Å². The van der Waals surface area contributed by atoms with E-state index in [1.54, 1.807) is 0 Å². The van der Waals surface area contributed by atoms with Crippen molar-refractivity contribution in [2.75, 3.05) is 18.5 Å². The number of aliphatic hydroxyl groups is 1. The molecule has 1 aromatic rings. The molecule has 0 spiro atoms. The number of ether oxygens (including phenoxy) is 1. The van der Waals surface area contributed by atoms with E-state index in [1.165, 1.54) is 11.3 Å². The van der Waals surface area contributed by atoms with Gasteiger partial charge in [0, 0.05) is 6.42 Å². The molecule has 0 aromatic carbocycles. The van der Waals surface area contributed by atoms with Gasteiger partial charge in [-0.25, -0.2) is 9.78 Å². The van der Waals surface area contributed by atoms with Gasteiger partial charge in [-0.05, 0) is 30.6 Å². The van der Waals surface area contributed by atoms with Crippen molar-refractivity contribution >= 4 is 22.5 Å². The number of hydrogen-bond acceptors (Lipinski definition) is 5. The van der Waals surface area contributed by atoms with Crippen LogP contribution in [0.3, 0.4) is 0 Å². The van der Waals surface area contributed by atoms with Gasteiger partial charge in [-0.3, -0.25) is 5.32 Å². The highest BCUT2D eigenvalue weighted by Gasteiger charge is 2.43. The smallest absolute Gasteiger partial charge is 0.321 e. The molecular formula is C17H27N3O3S. The Bertz CT molecular complexity index is 593. The van der Waals surface area contributed by atoms with E-state index in [1.807, 2.05) is 0 Å². The van der Waals surface area contributed by atoms with Crippen LogP contribution in [0.2, 0.25) is 0 Å². The number of hydrogen-bond donors (Lipinski definition) is 3. The monoisotopic (exact) mass is 353 g/mol.